The normalized spacial score (nSPS) is 19.6. The van der Waals surface area contributed by atoms with E-state index in [1.807, 2.05) is 7.05 Å². The molecule has 1 saturated heterocycles. The number of aromatic hydroxyl groups is 1. The minimum absolute atomic E-state index is 0.0485. The summed E-state index contributed by atoms with van der Waals surface area (Å²) in [5, 5.41) is 12.7. The fraction of sp³-hybridized carbons (Fsp3) is 0.500. The van der Waals surface area contributed by atoms with Gasteiger partial charge in [-0.2, -0.15) is 0 Å². The molecule has 0 saturated carbocycles. The van der Waals surface area contributed by atoms with Gasteiger partial charge in [-0.3, -0.25) is 4.79 Å². The van der Waals surface area contributed by atoms with Gasteiger partial charge in [-0.05, 0) is 32.0 Å². The van der Waals surface area contributed by atoms with Crippen LogP contribution in [0.1, 0.15) is 23.3 Å². The van der Waals surface area contributed by atoms with Crippen molar-refractivity contribution >= 4 is 5.91 Å². The van der Waals surface area contributed by atoms with E-state index in [1.165, 1.54) is 12.3 Å². The molecule has 0 spiro atoms. The number of hydrogen-bond acceptors (Lipinski definition) is 4. The van der Waals surface area contributed by atoms with E-state index in [9.17, 15) is 9.90 Å². The first kappa shape index (κ1) is 11.9. The van der Waals surface area contributed by atoms with Crippen LogP contribution in [-0.4, -0.2) is 47.1 Å². The summed E-state index contributed by atoms with van der Waals surface area (Å²) < 4.78 is 0. The molecule has 5 heteroatoms. The summed E-state index contributed by atoms with van der Waals surface area (Å²) in [7, 11) is 1.87. The predicted molar refractivity (Wildman–Crippen MR) is 63.9 cm³/mol. The molecule has 1 aliphatic heterocycles. The number of likely N-dealkylation sites (N-methyl/N-ethyl adjacent to an activating group) is 1. The molecule has 1 aliphatic rings. The molecule has 1 aromatic rings. The highest BCUT2D eigenvalue weighted by molar-refractivity contribution is 5.95. The molecule has 1 unspecified atom stereocenters. The van der Waals surface area contributed by atoms with Crippen molar-refractivity contribution in [3.63, 3.8) is 0 Å². The van der Waals surface area contributed by atoms with Crippen LogP contribution in [-0.2, 0) is 0 Å². The fourth-order valence-corrected chi connectivity index (χ4v) is 2.25. The summed E-state index contributed by atoms with van der Waals surface area (Å²) >= 11 is 0. The SMILES string of the molecule is CNCC1CCCN1C(=O)c1ncccc1O. The highest BCUT2D eigenvalue weighted by Crippen LogP contribution is 2.22. The van der Waals surface area contributed by atoms with Gasteiger partial charge in [0.1, 0.15) is 5.75 Å². The van der Waals surface area contributed by atoms with Gasteiger partial charge >= 0.3 is 0 Å². The Hall–Kier alpha value is -1.62. The van der Waals surface area contributed by atoms with Crippen molar-refractivity contribution < 1.29 is 9.90 Å². The largest absolute Gasteiger partial charge is 0.505 e. The third-order valence-electron chi connectivity index (χ3n) is 3.07. The van der Waals surface area contributed by atoms with Crippen LogP contribution in [0.5, 0.6) is 5.75 Å². The molecule has 1 fully saturated rings. The first-order valence-electron chi connectivity index (χ1n) is 5.83. The van der Waals surface area contributed by atoms with E-state index in [0.717, 1.165) is 25.9 Å². The van der Waals surface area contributed by atoms with E-state index < -0.39 is 0 Å². The molecule has 92 valence electrons. The first-order valence-corrected chi connectivity index (χ1v) is 5.83. The molecule has 5 nitrogen and oxygen atoms in total. The zero-order chi connectivity index (χ0) is 12.3. The molecular formula is C12H17N3O2. The third kappa shape index (κ3) is 2.39. The number of likely N-dealkylation sites (tertiary alicyclic amines) is 1. The Kier molecular flexibility index (Phi) is 3.58. The highest BCUT2D eigenvalue weighted by atomic mass is 16.3. The summed E-state index contributed by atoms with van der Waals surface area (Å²) in [5.74, 6) is -0.228. The minimum Gasteiger partial charge on any atom is -0.505 e. The number of amides is 1. The lowest BCUT2D eigenvalue weighted by atomic mass is 10.2. The van der Waals surface area contributed by atoms with Gasteiger partial charge in [0.25, 0.3) is 5.91 Å². The van der Waals surface area contributed by atoms with Crippen LogP contribution in [0, 0.1) is 0 Å². The van der Waals surface area contributed by atoms with Crippen LogP contribution in [0.3, 0.4) is 0 Å². The number of hydrogen-bond donors (Lipinski definition) is 2. The van der Waals surface area contributed by atoms with Gasteiger partial charge in [0.05, 0.1) is 0 Å². The van der Waals surface area contributed by atoms with Crippen LogP contribution in [0.4, 0.5) is 0 Å². The molecule has 1 aromatic heterocycles. The van der Waals surface area contributed by atoms with Crippen molar-refractivity contribution in [1.29, 1.82) is 0 Å². The second kappa shape index (κ2) is 5.14. The molecule has 2 N–H and O–H groups in total. The number of pyridine rings is 1. The van der Waals surface area contributed by atoms with Crippen molar-refractivity contribution in [2.24, 2.45) is 0 Å². The summed E-state index contributed by atoms with van der Waals surface area (Å²) in [6.45, 7) is 1.51. The minimum atomic E-state index is -0.180. The maximum atomic E-state index is 12.2. The molecule has 1 atom stereocenters. The molecule has 2 heterocycles. The molecule has 0 bridgehead atoms. The summed E-state index contributed by atoms with van der Waals surface area (Å²) in [5.41, 5.74) is 0.149. The molecule has 17 heavy (non-hydrogen) atoms. The van der Waals surface area contributed by atoms with Crippen molar-refractivity contribution in [2.75, 3.05) is 20.1 Å². The van der Waals surface area contributed by atoms with Crippen molar-refractivity contribution in [1.82, 2.24) is 15.2 Å². The maximum Gasteiger partial charge on any atom is 0.276 e. The van der Waals surface area contributed by atoms with Crippen molar-refractivity contribution in [3.05, 3.63) is 24.0 Å². The van der Waals surface area contributed by atoms with Gasteiger partial charge in [0, 0.05) is 25.3 Å². The smallest absolute Gasteiger partial charge is 0.276 e. The van der Waals surface area contributed by atoms with Crippen LogP contribution in [0.2, 0.25) is 0 Å². The molecule has 0 radical (unpaired) electrons. The Morgan fingerprint density at radius 2 is 2.53 bits per heavy atom. The second-order valence-electron chi connectivity index (χ2n) is 4.22. The lowest BCUT2D eigenvalue weighted by Gasteiger charge is -2.24. The summed E-state index contributed by atoms with van der Waals surface area (Å²) in [4.78, 5) is 18.0. The van der Waals surface area contributed by atoms with Gasteiger partial charge < -0.3 is 15.3 Å². The number of nitrogens with one attached hydrogen (secondary N) is 1. The third-order valence-corrected chi connectivity index (χ3v) is 3.07. The topological polar surface area (TPSA) is 65.5 Å². The van der Waals surface area contributed by atoms with Gasteiger partial charge in [0.2, 0.25) is 0 Å². The van der Waals surface area contributed by atoms with E-state index in [0.29, 0.717) is 0 Å². The summed E-state index contributed by atoms with van der Waals surface area (Å²) in [6.07, 6.45) is 3.53. The predicted octanol–water partition coefficient (Wildman–Crippen LogP) is 0.611. The monoisotopic (exact) mass is 235 g/mol. The van der Waals surface area contributed by atoms with Crippen molar-refractivity contribution in [2.45, 2.75) is 18.9 Å². The quantitative estimate of drug-likeness (QED) is 0.805. The Labute approximate surface area is 100 Å². The zero-order valence-electron chi connectivity index (χ0n) is 9.89. The Morgan fingerprint density at radius 3 is 3.24 bits per heavy atom. The van der Waals surface area contributed by atoms with Crippen LogP contribution >= 0.6 is 0 Å². The lowest BCUT2D eigenvalue weighted by molar-refractivity contribution is 0.0727. The Morgan fingerprint density at radius 1 is 1.71 bits per heavy atom. The standard InChI is InChI=1S/C12H17N3O2/c1-13-8-9-4-3-7-15(9)12(17)11-10(16)5-2-6-14-11/h2,5-6,9,13,16H,3-4,7-8H2,1H3. The number of carbonyl (C=O) groups excluding carboxylic acids is 1. The molecule has 0 aromatic carbocycles. The van der Waals surface area contributed by atoms with E-state index in [4.69, 9.17) is 0 Å². The summed E-state index contributed by atoms with van der Waals surface area (Å²) in [6, 6.07) is 3.30. The zero-order valence-corrected chi connectivity index (χ0v) is 9.89. The van der Waals surface area contributed by atoms with Gasteiger partial charge in [-0.15, -0.1) is 0 Å². The Bertz CT molecular complexity index is 408. The molecular weight excluding hydrogens is 218 g/mol. The van der Waals surface area contributed by atoms with Gasteiger partial charge in [0.15, 0.2) is 5.69 Å². The van der Waals surface area contributed by atoms with Crippen LogP contribution in [0.25, 0.3) is 0 Å². The average Bonchev–Trinajstić information content (AvgIpc) is 2.78. The van der Waals surface area contributed by atoms with E-state index in [2.05, 4.69) is 10.3 Å². The van der Waals surface area contributed by atoms with Crippen LogP contribution in [0.15, 0.2) is 18.3 Å². The lowest BCUT2D eigenvalue weighted by Crippen LogP contribution is -2.41. The van der Waals surface area contributed by atoms with Gasteiger partial charge in [-0.25, -0.2) is 4.98 Å². The van der Waals surface area contributed by atoms with E-state index in [-0.39, 0.29) is 23.4 Å². The number of rotatable bonds is 3. The average molecular weight is 235 g/mol. The van der Waals surface area contributed by atoms with E-state index in [1.54, 1.807) is 11.0 Å². The number of aromatic nitrogens is 1. The molecule has 1 amide bonds. The first-order chi connectivity index (χ1) is 8.24. The maximum absolute atomic E-state index is 12.2. The molecule has 2 rings (SSSR count). The fourth-order valence-electron chi connectivity index (χ4n) is 2.25. The molecule has 0 aliphatic carbocycles. The number of carbonyl (C=O) groups is 1. The number of nitrogens with zero attached hydrogens (tertiary/aromatic N) is 2. The van der Waals surface area contributed by atoms with Crippen LogP contribution < -0.4 is 5.32 Å². The second-order valence-corrected chi connectivity index (χ2v) is 4.22. The highest BCUT2D eigenvalue weighted by Gasteiger charge is 2.30. The van der Waals surface area contributed by atoms with Crippen molar-refractivity contribution in [3.8, 4) is 5.75 Å². The van der Waals surface area contributed by atoms with Gasteiger partial charge in [-0.1, -0.05) is 0 Å². The van der Waals surface area contributed by atoms with E-state index >= 15 is 0 Å². The Balaban J connectivity index is 2.17.